The maximum absolute atomic E-state index is 12.0. The molecule has 5 heteroatoms. The standard InChI is InChI=1S/C21H24BrNO3/c1-13(5-3-4-7-22)14(2)16-9-18(24)21-17(15-6-8-23-12-15)11-20(25)26-19(21)10-16/h6,8-14,23-24H,3-5,7H2,1-2H3. The number of phenols is 1. The van der Waals surface area contributed by atoms with E-state index in [0.29, 0.717) is 22.5 Å². The first-order valence-electron chi connectivity index (χ1n) is 9.01. The van der Waals surface area contributed by atoms with Crippen LogP contribution in [0.15, 0.2) is 45.9 Å². The molecule has 0 bridgehead atoms. The summed E-state index contributed by atoms with van der Waals surface area (Å²) in [4.78, 5) is 15.0. The Kier molecular flexibility index (Phi) is 5.87. The Bertz CT molecular complexity index is 930. The van der Waals surface area contributed by atoms with Crippen molar-refractivity contribution in [1.29, 1.82) is 0 Å². The zero-order valence-electron chi connectivity index (χ0n) is 15.1. The van der Waals surface area contributed by atoms with E-state index in [4.69, 9.17) is 4.42 Å². The number of alkyl halides is 1. The zero-order valence-corrected chi connectivity index (χ0v) is 16.7. The predicted molar refractivity (Wildman–Crippen MR) is 109 cm³/mol. The maximum Gasteiger partial charge on any atom is 0.336 e. The van der Waals surface area contributed by atoms with Gasteiger partial charge in [-0.3, -0.25) is 0 Å². The van der Waals surface area contributed by atoms with Crippen LogP contribution in [0.4, 0.5) is 0 Å². The van der Waals surface area contributed by atoms with Crippen molar-refractivity contribution in [3.8, 4) is 16.9 Å². The molecule has 0 aliphatic heterocycles. The van der Waals surface area contributed by atoms with E-state index in [1.807, 2.05) is 18.2 Å². The van der Waals surface area contributed by atoms with Gasteiger partial charge in [-0.05, 0) is 42.0 Å². The average molecular weight is 418 g/mol. The first-order chi connectivity index (χ1) is 12.5. The summed E-state index contributed by atoms with van der Waals surface area (Å²) in [5, 5.41) is 12.3. The van der Waals surface area contributed by atoms with Gasteiger partial charge in [-0.1, -0.05) is 42.6 Å². The van der Waals surface area contributed by atoms with E-state index < -0.39 is 5.63 Å². The van der Waals surface area contributed by atoms with Gasteiger partial charge in [-0.15, -0.1) is 0 Å². The fourth-order valence-electron chi connectivity index (χ4n) is 3.42. The third-order valence-electron chi connectivity index (χ3n) is 5.18. The molecule has 138 valence electrons. The molecule has 3 aromatic rings. The number of unbranched alkanes of at least 4 members (excludes halogenated alkanes) is 1. The number of halogens is 1. The fraction of sp³-hybridized carbons (Fsp3) is 0.381. The van der Waals surface area contributed by atoms with Crippen LogP contribution in [0.5, 0.6) is 5.75 Å². The quantitative estimate of drug-likeness (QED) is 0.290. The molecule has 0 fully saturated rings. The number of phenolic OH excluding ortho intramolecular Hbond substituents is 1. The summed E-state index contributed by atoms with van der Waals surface area (Å²) in [6.07, 6.45) is 7.05. The van der Waals surface area contributed by atoms with Crippen LogP contribution in [0.3, 0.4) is 0 Å². The molecule has 2 aromatic heterocycles. The Labute approximate surface area is 161 Å². The molecule has 26 heavy (non-hydrogen) atoms. The van der Waals surface area contributed by atoms with Crippen molar-refractivity contribution in [2.24, 2.45) is 5.92 Å². The smallest absolute Gasteiger partial charge is 0.336 e. The number of rotatable bonds is 7. The van der Waals surface area contributed by atoms with Gasteiger partial charge in [0.05, 0.1) is 5.39 Å². The van der Waals surface area contributed by atoms with E-state index in [-0.39, 0.29) is 11.7 Å². The summed E-state index contributed by atoms with van der Waals surface area (Å²) in [7, 11) is 0. The van der Waals surface area contributed by atoms with Gasteiger partial charge in [0, 0.05) is 34.9 Å². The number of hydrogen-bond acceptors (Lipinski definition) is 3. The second-order valence-corrected chi connectivity index (χ2v) is 7.74. The van der Waals surface area contributed by atoms with Gasteiger partial charge in [-0.25, -0.2) is 4.79 Å². The Balaban J connectivity index is 2.02. The molecular formula is C21H24BrNO3. The summed E-state index contributed by atoms with van der Waals surface area (Å²) in [5.41, 5.74) is 2.55. The first-order valence-corrected chi connectivity index (χ1v) is 10.1. The van der Waals surface area contributed by atoms with Crippen LogP contribution < -0.4 is 5.63 Å². The average Bonchev–Trinajstić information content (AvgIpc) is 3.14. The molecular weight excluding hydrogens is 394 g/mol. The van der Waals surface area contributed by atoms with Crippen molar-refractivity contribution < 1.29 is 9.52 Å². The molecule has 2 unspecified atom stereocenters. The Morgan fingerprint density at radius 3 is 2.73 bits per heavy atom. The summed E-state index contributed by atoms with van der Waals surface area (Å²) < 4.78 is 5.42. The van der Waals surface area contributed by atoms with Crippen LogP contribution in [0.1, 0.15) is 44.6 Å². The van der Waals surface area contributed by atoms with E-state index in [1.54, 1.807) is 12.4 Å². The van der Waals surface area contributed by atoms with Crippen molar-refractivity contribution in [2.75, 3.05) is 5.33 Å². The van der Waals surface area contributed by atoms with Gasteiger partial charge in [0.1, 0.15) is 11.3 Å². The predicted octanol–water partition coefficient (Wildman–Crippen LogP) is 5.80. The number of fused-ring (bicyclic) bond motifs is 1. The molecule has 0 amide bonds. The van der Waals surface area contributed by atoms with E-state index in [0.717, 1.165) is 29.3 Å². The van der Waals surface area contributed by atoms with Gasteiger partial charge in [0.25, 0.3) is 0 Å². The SMILES string of the molecule is CC(CCCCBr)C(C)c1cc(O)c2c(-c3cc[nH]c3)cc(=O)oc2c1. The molecule has 0 spiro atoms. The maximum atomic E-state index is 12.0. The molecule has 2 heterocycles. The van der Waals surface area contributed by atoms with Gasteiger partial charge < -0.3 is 14.5 Å². The highest BCUT2D eigenvalue weighted by Gasteiger charge is 2.19. The summed E-state index contributed by atoms with van der Waals surface area (Å²) in [5.74, 6) is 0.893. The lowest BCUT2D eigenvalue weighted by atomic mass is 9.85. The normalized spacial score (nSPS) is 13.8. The van der Waals surface area contributed by atoms with Crippen LogP contribution >= 0.6 is 15.9 Å². The molecule has 0 saturated carbocycles. The lowest BCUT2D eigenvalue weighted by Gasteiger charge is -2.21. The van der Waals surface area contributed by atoms with Crippen molar-refractivity contribution in [3.05, 3.63) is 52.6 Å². The van der Waals surface area contributed by atoms with Crippen LogP contribution in [0.25, 0.3) is 22.1 Å². The van der Waals surface area contributed by atoms with E-state index >= 15 is 0 Å². The van der Waals surface area contributed by atoms with Crippen molar-refractivity contribution >= 4 is 26.9 Å². The van der Waals surface area contributed by atoms with Crippen LogP contribution in [0.2, 0.25) is 0 Å². The molecule has 0 radical (unpaired) electrons. The lowest BCUT2D eigenvalue weighted by Crippen LogP contribution is -2.07. The van der Waals surface area contributed by atoms with E-state index in [9.17, 15) is 9.90 Å². The zero-order chi connectivity index (χ0) is 18.7. The number of hydrogen-bond donors (Lipinski definition) is 2. The molecule has 2 atom stereocenters. The number of aromatic amines is 1. The highest BCUT2D eigenvalue weighted by Crippen LogP contribution is 2.38. The molecule has 1 aromatic carbocycles. The fourth-order valence-corrected chi connectivity index (χ4v) is 3.82. The minimum atomic E-state index is -0.414. The van der Waals surface area contributed by atoms with Gasteiger partial charge >= 0.3 is 5.63 Å². The second-order valence-electron chi connectivity index (χ2n) is 6.94. The van der Waals surface area contributed by atoms with Crippen LogP contribution in [-0.2, 0) is 0 Å². The molecule has 0 aliphatic carbocycles. The van der Waals surface area contributed by atoms with Crippen molar-refractivity contribution in [3.63, 3.8) is 0 Å². The van der Waals surface area contributed by atoms with Gasteiger partial charge in [0.15, 0.2) is 0 Å². The van der Waals surface area contributed by atoms with Gasteiger partial charge in [-0.2, -0.15) is 0 Å². The van der Waals surface area contributed by atoms with Crippen molar-refractivity contribution in [1.82, 2.24) is 4.98 Å². The first kappa shape index (κ1) is 18.8. The highest BCUT2D eigenvalue weighted by atomic mass is 79.9. The number of H-pyrrole nitrogens is 1. The molecule has 4 nitrogen and oxygen atoms in total. The Morgan fingerprint density at radius 1 is 1.23 bits per heavy atom. The summed E-state index contributed by atoms with van der Waals surface area (Å²) in [6.45, 7) is 4.39. The van der Waals surface area contributed by atoms with E-state index in [1.165, 1.54) is 12.5 Å². The minimum Gasteiger partial charge on any atom is -0.507 e. The lowest BCUT2D eigenvalue weighted by molar-refractivity contribution is 0.433. The monoisotopic (exact) mass is 417 g/mol. The minimum absolute atomic E-state index is 0.150. The highest BCUT2D eigenvalue weighted by molar-refractivity contribution is 9.09. The number of benzene rings is 1. The second kappa shape index (κ2) is 8.12. The van der Waals surface area contributed by atoms with Crippen LogP contribution in [0, 0.1) is 5.92 Å². The topological polar surface area (TPSA) is 66.2 Å². The molecule has 3 rings (SSSR count). The Hall–Kier alpha value is -2.01. The largest absolute Gasteiger partial charge is 0.507 e. The summed E-state index contributed by atoms with van der Waals surface area (Å²) >= 11 is 3.47. The van der Waals surface area contributed by atoms with Gasteiger partial charge in [0.2, 0.25) is 0 Å². The van der Waals surface area contributed by atoms with E-state index in [2.05, 4.69) is 34.8 Å². The summed E-state index contributed by atoms with van der Waals surface area (Å²) in [6, 6.07) is 7.01. The Morgan fingerprint density at radius 2 is 2.04 bits per heavy atom. The molecule has 0 aliphatic rings. The molecule has 0 saturated heterocycles. The number of nitrogens with one attached hydrogen (secondary N) is 1. The third-order valence-corrected chi connectivity index (χ3v) is 5.74. The third kappa shape index (κ3) is 3.88. The molecule has 2 N–H and O–H groups in total. The number of aromatic nitrogens is 1. The van der Waals surface area contributed by atoms with Crippen LogP contribution in [-0.4, -0.2) is 15.4 Å². The van der Waals surface area contributed by atoms with Crippen molar-refractivity contribution in [2.45, 2.75) is 39.0 Å². The number of aromatic hydroxyl groups is 1.